The van der Waals surface area contributed by atoms with Crippen molar-refractivity contribution in [1.29, 1.82) is 5.26 Å². The Balaban J connectivity index is 1.89. The largest absolute Gasteiger partial charge is 0.478 e. The molecule has 0 saturated heterocycles. The van der Waals surface area contributed by atoms with Crippen molar-refractivity contribution >= 4 is 0 Å². The van der Waals surface area contributed by atoms with Crippen molar-refractivity contribution in [1.82, 2.24) is 5.32 Å². The van der Waals surface area contributed by atoms with Crippen LogP contribution in [-0.2, 0) is 13.0 Å². The lowest BCUT2D eigenvalue weighted by Crippen LogP contribution is -2.27. The highest BCUT2D eigenvalue weighted by atomic mass is 16.5. The lowest BCUT2D eigenvalue weighted by atomic mass is 10.1. The van der Waals surface area contributed by atoms with Crippen molar-refractivity contribution in [3.63, 3.8) is 0 Å². The second kappa shape index (κ2) is 8.08. The third-order valence-electron chi connectivity index (χ3n) is 3.29. The Morgan fingerprint density at radius 2 is 1.81 bits per heavy atom. The third kappa shape index (κ3) is 4.94. The maximum Gasteiger partial charge on any atom is 0.174 e. The molecule has 0 aromatic heterocycles. The van der Waals surface area contributed by atoms with E-state index in [4.69, 9.17) is 10.00 Å². The molecule has 1 N–H and O–H groups in total. The smallest absolute Gasteiger partial charge is 0.174 e. The fourth-order valence-electron chi connectivity index (χ4n) is 2.22. The summed E-state index contributed by atoms with van der Waals surface area (Å²) in [5.41, 5.74) is 2.40. The highest BCUT2D eigenvalue weighted by Gasteiger charge is 2.06. The lowest BCUT2D eigenvalue weighted by Gasteiger charge is -2.15. The van der Waals surface area contributed by atoms with Crippen LogP contribution in [0, 0.1) is 11.3 Å². The van der Waals surface area contributed by atoms with E-state index in [9.17, 15) is 0 Å². The number of para-hydroxylation sites is 1. The predicted molar refractivity (Wildman–Crippen MR) is 84.0 cm³/mol. The molecule has 0 radical (unpaired) electrons. The number of benzene rings is 2. The first-order valence-corrected chi connectivity index (χ1v) is 7.14. The van der Waals surface area contributed by atoms with Gasteiger partial charge in [-0.15, -0.1) is 0 Å². The molecule has 108 valence electrons. The second-order valence-electron chi connectivity index (χ2n) is 5.03. The van der Waals surface area contributed by atoms with Crippen molar-refractivity contribution in [3.8, 4) is 11.8 Å². The minimum atomic E-state index is 0.0799. The van der Waals surface area contributed by atoms with Crippen molar-refractivity contribution in [2.45, 2.75) is 25.9 Å². The Labute approximate surface area is 126 Å². The number of hydrogen-bond donors (Lipinski definition) is 1. The van der Waals surface area contributed by atoms with Crippen LogP contribution in [0.1, 0.15) is 18.1 Å². The van der Waals surface area contributed by atoms with Crippen LogP contribution in [0.15, 0.2) is 54.6 Å². The zero-order valence-corrected chi connectivity index (χ0v) is 12.3. The zero-order valence-electron chi connectivity index (χ0n) is 12.3. The molecule has 0 saturated carbocycles. The molecule has 0 aliphatic carbocycles. The minimum absolute atomic E-state index is 0.0799. The molecule has 0 bridgehead atoms. The van der Waals surface area contributed by atoms with Crippen LogP contribution in [0.3, 0.4) is 0 Å². The summed E-state index contributed by atoms with van der Waals surface area (Å²) in [6.07, 6.45) is 0.988. The van der Waals surface area contributed by atoms with E-state index in [0.717, 1.165) is 24.3 Å². The quantitative estimate of drug-likeness (QED) is 0.846. The summed E-state index contributed by atoms with van der Waals surface area (Å²) in [5.74, 6) is 0.776. The zero-order chi connectivity index (χ0) is 14.9. The minimum Gasteiger partial charge on any atom is -0.478 e. The Kier molecular flexibility index (Phi) is 5.81. The molecule has 2 aromatic rings. The normalized spacial score (nSPS) is 11.6. The van der Waals surface area contributed by atoms with Gasteiger partial charge in [-0.05, 0) is 25.0 Å². The number of nitrogens with one attached hydrogen (secondary N) is 1. The van der Waals surface area contributed by atoms with Crippen LogP contribution in [0.4, 0.5) is 0 Å². The van der Waals surface area contributed by atoms with Gasteiger partial charge in [0.25, 0.3) is 0 Å². The van der Waals surface area contributed by atoms with Gasteiger partial charge in [-0.1, -0.05) is 48.5 Å². The summed E-state index contributed by atoms with van der Waals surface area (Å²) in [6, 6.07) is 20.6. The van der Waals surface area contributed by atoms with E-state index in [0.29, 0.717) is 6.04 Å². The summed E-state index contributed by atoms with van der Waals surface area (Å²) >= 11 is 0. The van der Waals surface area contributed by atoms with E-state index >= 15 is 0 Å². The Hall–Kier alpha value is -2.31. The maximum atomic E-state index is 8.61. The predicted octanol–water partition coefficient (Wildman–Crippen LogP) is 3.31. The fourth-order valence-corrected chi connectivity index (χ4v) is 2.22. The van der Waals surface area contributed by atoms with Gasteiger partial charge in [-0.3, -0.25) is 0 Å². The first-order valence-electron chi connectivity index (χ1n) is 7.14. The van der Waals surface area contributed by atoms with Crippen LogP contribution in [0.2, 0.25) is 0 Å². The highest BCUT2D eigenvalue weighted by Crippen LogP contribution is 2.17. The fraction of sp³-hybridized carbons (Fsp3) is 0.278. The van der Waals surface area contributed by atoms with Gasteiger partial charge in [0, 0.05) is 18.2 Å². The van der Waals surface area contributed by atoms with Crippen molar-refractivity contribution in [2.75, 3.05) is 6.61 Å². The van der Waals surface area contributed by atoms with Crippen molar-refractivity contribution in [3.05, 3.63) is 65.7 Å². The van der Waals surface area contributed by atoms with Gasteiger partial charge in [0.1, 0.15) is 11.8 Å². The van der Waals surface area contributed by atoms with E-state index in [1.165, 1.54) is 5.56 Å². The molecule has 0 fully saturated rings. The average molecular weight is 280 g/mol. The molecule has 1 unspecified atom stereocenters. The van der Waals surface area contributed by atoms with E-state index in [1.54, 1.807) is 0 Å². The number of rotatable bonds is 7. The number of nitrogens with zero attached hydrogens (tertiary/aromatic N) is 1. The van der Waals surface area contributed by atoms with E-state index < -0.39 is 0 Å². The molecule has 21 heavy (non-hydrogen) atoms. The van der Waals surface area contributed by atoms with Crippen LogP contribution >= 0.6 is 0 Å². The SMILES string of the molecule is CC(Cc1ccccc1)NCc1ccccc1OCC#N. The first kappa shape index (κ1) is 15.1. The summed E-state index contributed by atoms with van der Waals surface area (Å²) in [5, 5.41) is 12.1. The molecule has 2 rings (SSSR count). The summed E-state index contributed by atoms with van der Waals surface area (Å²) < 4.78 is 5.44. The number of hydrogen-bond acceptors (Lipinski definition) is 3. The van der Waals surface area contributed by atoms with Crippen LogP contribution < -0.4 is 10.1 Å². The average Bonchev–Trinajstić information content (AvgIpc) is 2.52. The molecule has 0 heterocycles. The molecule has 3 heteroatoms. The molecule has 0 aliphatic heterocycles. The maximum absolute atomic E-state index is 8.61. The molecule has 0 spiro atoms. The summed E-state index contributed by atoms with van der Waals surface area (Å²) in [6.45, 7) is 2.98. The Morgan fingerprint density at radius 1 is 1.10 bits per heavy atom. The molecule has 2 aromatic carbocycles. The standard InChI is InChI=1S/C18H20N2O/c1-15(13-16-7-3-2-4-8-16)20-14-17-9-5-6-10-18(17)21-12-11-19/h2-10,15,20H,12-14H2,1H3. The molecular formula is C18H20N2O. The Bertz CT molecular complexity index is 590. The lowest BCUT2D eigenvalue weighted by molar-refractivity contribution is 0.361. The van der Waals surface area contributed by atoms with Crippen LogP contribution in [-0.4, -0.2) is 12.6 Å². The van der Waals surface area contributed by atoms with E-state index in [2.05, 4.69) is 36.5 Å². The molecular weight excluding hydrogens is 260 g/mol. The first-order chi connectivity index (χ1) is 10.3. The number of ether oxygens (including phenoxy) is 1. The van der Waals surface area contributed by atoms with E-state index in [1.807, 2.05) is 36.4 Å². The van der Waals surface area contributed by atoms with Gasteiger partial charge in [0.15, 0.2) is 6.61 Å². The van der Waals surface area contributed by atoms with Crippen molar-refractivity contribution < 1.29 is 4.74 Å². The summed E-state index contributed by atoms with van der Waals surface area (Å²) in [7, 11) is 0. The van der Waals surface area contributed by atoms with Gasteiger partial charge >= 0.3 is 0 Å². The van der Waals surface area contributed by atoms with Crippen molar-refractivity contribution in [2.24, 2.45) is 0 Å². The molecule has 0 amide bonds. The monoisotopic (exact) mass is 280 g/mol. The van der Waals surface area contributed by atoms with E-state index in [-0.39, 0.29) is 6.61 Å². The third-order valence-corrected chi connectivity index (χ3v) is 3.29. The van der Waals surface area contributed by atoms with Crippen LogP contribution in [0.5, 0.6) is 5.75 Å². The molecule has 1 atom stereocenters. The topological polar surface area (TPSA) is 45.0 Å². The molecule has 3 nitrogen and oxygen atoms in total. The second-order valence-corrected chi connectivity index (χ2v) is 5.03. The summed E-state index contributed by atoms with van der Waals surface area (Å²) in [4.78, 5) is 0. The Morgan fingerprint density at radius 3 is 2.57 bits per heavy atom. The van der Waals surface area contributed by atoms with Crippen LogP contribution in [0.25, 0.3) is 0 Å². The van der Waals surface area contributed by atoms with Gasteiger partial charge < -0.3 is 10.1 Å². The van der Waals surface area contributed by atoms with Gasteiger partial charge in [-0.2, -0.15) is 5.26 Å². The van der Waals surface area contributed by atoms with Gasteiger partial charge in [-0.25, -0.2) is 0 Å². The van der Waals surface area contributed by atoms with Gasteiger partial charge in [0.2, 0.25) is 0 Å². The van der Waals surface area contributed by atoms with Gasteiger partial charge in [0.05, 0.1) is 0 Å². The molecule has 0 aliphatic rings. The number of nitriles is 1. The highest BCUT2D eigenvalue weighted by molar-refractivity contribution is 5.33.